The summed E-state index contributed by atoms with van der Waals surface area (Å²) in [6.45, 7) is 4.64. The van der Waals surface area contributed by atoms with Gasteiger partial charge < -0.3 is 4.74 Å². The molecule has 0 radical (unpaired) electrons. The van der Waals surface area contributed by atoms with E-state index in [4.69, 9.17) is 4.74 Å². The maximum Gasteiger partial charge on any atom is 0.0734 e. The van der Waals surface area contributed by atoms with Crippen LogP contribution in [0.3, 0.4) is 0 Å². The van der Waals surface area contributed by atoms with Gasteiger partial charge >= 0.3 is 0 Å². The molecular weight excluding hydrogens is 288 g/mol. The van der Waals surface area contributed by atoms with Gasteiger partial charge in [0.25, 0.3) is 0 Å². The number of nitrogens with zero attached hydrogens (tertiary/aromatic N) is 4. The third kappa shape index (κ3) is 3.62. The Morgan fingerprint density at radius 3 is 2.96 bits per heavy atom. The zero-order valence-electron chi connectivity index (χ0n) is 13.7. The van der Waals surface area contributed by atoms with Crippen molar-refractivity contribution in [3.63, 3.8) is 0 Å². The van der Waals surface area contributed by atoms with Crippen molar-refractivity contribution in [1.29, 1.82) is 0 Å². The van der Waals surface area contributed by atoms with Crippen molar-refractivity contribution in [3.8, 4) is 0 Å². The molecule has 0 amide bonds. The fraction of sp³-hybridized carbons (Fsp3) is 0.556. The average molecular weight is 312 g/mol. The molecule has 2 aliphatic rings. The number of ether oxygens (including phenoxy) is 1. The summed E-state index contributed by atoms with van der Waals surface area (Å²) in [5.74, 6) is 0.817. The number of rotatable bonds is 6. The Bertz CT molecular complexity index is 677. The fourth-order valence-electron chi connectivity index (χ4n) is 3.32. The van der Waals surface area contributed by atoms with Crippen molar-refractivity contribution in [2.24, 2.45) is 13.0 Å². The monoisotopic (exact) mass is 312 g/mol. The molecule has 0 spiro atoms. The Kier molecular flexibility index (Phi) is 4.14. The first-order valence-corrected chi connectivity index (χ1v) is 8.50. The van der Waals surface area contributed by atoms with Gasteiger partial charge in [0.05, 0.1) is 12.8 Å². The van der Waals surface area contributed by atoms with Crippen LogP contribution in [-0.4, -0.2) is 32.8 Å². The number of pyridine rings is 1. The lowest BCUT2D eigenvalue weighted by Gasteiger charge is -2.29. The first-order valence-electron chi connectivity index (χ1n) is 8.50. The van der Waals surface area contributed by atoms with E-state index >= 15 is 0 Å². The van der Waals surface area contributed by atoms with Gasteiger partial charge in [0, 0.05) is 57.4 Å². The van der Waals surface area contributed by atoms with Gasteiger partial charge in [-0.3, -0.25) is 14.6 Å². The summed E-state index contributed by atoms with van der Waals surface area (Å²) in [6.07, 6.45) is 11.8. The van der Waals surface area contributed by atoms with Gasteiger partial charge in [0.15, 0.2) is 0 Å². The lowest BCUT2D eigenvalue weighted by molar-refractivity contribution is 0.110. The summed E-state index contributed by atoms with van der Waals surface area (Å²) in [6, 6.07) is 0. The summed E-state index contributed by atoms with van der Waals surface area (Å²) in [4.78, 5) is 6.90. The highest BCUT2D eigenvalue weighted by Crippen LogP contribution is 2.29. The fourth-order valence-corrected chi connectivity index (χ4v) is 3.32. The van der Waals surface area contributed by atoms with Crippen LogP contribution in [0.2, 0.25) is 0 Å². The maximum absolute atomic E-state index is 5.87. The predicted octanol–water partition coefficient (Wildman–Crippen LogP) is 2.30. The molecule has 3 heterocycles. The van der Waals surface area contributed by atoms with E-state index in [-0.39, 0.29) is 0 Å². The largest absolute Gasteiger partial charge is 0.376 e. The standard InChI is InChI=1S/C18H24N4O/c1-21-9-15(6-20-21)10-22-5-4-18-16(11-22)7-19-8-17(18)13-23-12-14-2-3-14/h6-9,14H,2-5,10-13H2,1H3. The lowest BCUT2D eigenvalue weighted by Crippen LogP contribution is -2.30. The van der Waals surface area contributed by atoms with Gasteiger partial charge in [-0.25, -0.2) is 0 Å². The molecule has 0 atom stereocenters. The van der Waals surface area contributed by atoms with Crippen LogP contribution in [0.4, 0.5) is 0 Å². The quantitative estimate of drug-likeness (QED) is 0.821. The Morgan fingerprint density at radius 2 is 2.17 bits per heavy atom. The third-order valence-corrected chi connectivity index (χ3v) is 4.78. The summed E-state index contributed by atoms with van der Waals surface area (Å²) >= 11 is 0. The second kappa shape index (κ2) is 6.42. The molecule has 0 aromatic carbocycles. The zero-order chi connectivity index (χ0) is 15.6. The van der Waals surface area contributed by atoms with E-state index in [0.29, 0.717) is 0 Å². The molecule has 1 aliphatic heterocycles. The van der Waals surface area contributed by atoms with Crippen molar-refractivity contribution >= 4 is 0 Å². The van der Waals surface area contributed by atoms with Crippen LogP contribution < -0.4 is 0 Å². The molecule has 0 bridgehead atoms. The van der Waals surface area contributed by atoms with Crippen molar-refractivity contribution < 1.29 is 4.74 Å². The number of aryl methyl sites for hydroxylation is 1. The van der Waals surface area contributed by atoms with Crippen LogP contribution in [0, 0.1) is 5.92 Å². The molecule has 4 rings (SSSR count). The minimum Gasteiger partial charge on any atom is -0.376 e. The molecule has 1 aliphatic carbocycles. The van der Waals surface area contributed by atoms with Gasteiger partial charge in [-0.1, -0.05) is 0 Å². The van der Waals surface area contributed by atoms with E-state index in [0.717, 1.165) is 45.2 Å². The van der Waals surface area contributed by atoms with Crippen molar-refractivity contribution in [1.82, 2.24) is 19.7 Å². The highest BCUT2D eigenvalue weighted by molar-refractivity contribution is 5.33. The van der Waals surface area contributed by atoms with E-state index in [1.807, 2.05) is 30.3 Å². The van der Waals surface area contributed by atoms with E-state index in [2.05, 4.69) is 21.2 Å². The first kappa shape index (κ1) is 14.8. The van der Waals surface area contributed by atoms with E-state index in [9.17, 15) is 0 Å². The van der Waals surface area contributed by atoms with E-state index < -0.39 is 0 Å². The molecule has 0 unspecified atom stereocenters. The van der Waals surface area contributed by atoms with Crippen LogP contribution in [0.25, 0.3) is 0 Å². The molecule has 2 aromatic rings. The van der Waals surface area contributed by atoms with Gasteiger partial charge in [0.1, 0.15) is 0 Å². The van der Waals surface area contributed by atoms with Gasteiger partial charge in [-0.2, -0.15) is 5.10 Å². The number of aromatic nitrogens is 3. The number of fused-ring (bicyclic) bond motifs is 1. The van der Waals surface area contributed by atoms with E-state index in [1.54, 1.807) is 0 Å². The molecular formula is C18H24N4O. The molecule has 2 aromatic heterocycles. The second-order valence-corrected chi connectivity index (χ2v) is 6.88. The summed E-state index contributed by atoms with van der Waals surface area (Å²) in [7, 11) is 1.97. The van der Waals surface area contributed by atoms with Gasteiger partial charge in [-0.15, -0.1) is 0 Å². The smallest absolute Gasteiger partial charge is 0.0734 e. The highest BCUT2D eigenvalue weighted by atomic mass is 16.5. The summed E-state index contributed by atoms with van der Waals surface area (Å²) in [5.41, 5.74) is 5.36. The Labute approximate surface area is 137 Å². The van der Waals surface area contributed by atoms with Crippen LogP contribution in [-0.2, 0) is 37.9 Å². The molecule has 5 nitrogen and oxygen atoms in total. The number of hydrogen-bond acceptors (Lipinski definition) is 4. The summed E-state index contributed by atoms with van der Waals surface area (Å²) in [5, 5.41) is 4.25. The molecule has 122 valence electrons. The van der Waals surface area contributed by atoms with E-state index in [1.165, 1.54) is 35.1 Å². The minimum absolute atomic E-state index is 0.718. The maximum atomic E-state index is 5.87. The van der Waals surface area contributed by atoms with Crippen LogP contribution in [0.1, 0.15) is 35.1 Å². The second-order valence-electron chi connectivity index (χ2n) is 6.88. The SMILES string of the molecule is Cn1cc(CN2CCc3c(COCC4CC4)cncc3C2)cn1. The highest BCUT2D eigenvalue weighted by Gasteiger charge is 2.22. The molecule has 5 heteroatoms. The predicted molar refractivity (Wildman–Crippen MR) is 87.6 cm³/mol. The molecule has 0 N–H and O–H groups in total. The van der Waals surface area contributed by atoms with Crippen molar-refractivity contribution in [2.75, 3.05) is 13.2 Å². The molecule has 1 fully saturated rings. The first-order chi connectivity index (χ1) is 11.3. The molecule has 1 saturated carbocycles. The Morgan fingerprint density at radius 1 is 1.26 bits per heavy atom. The lowest BCUT2D eigenvalue weighted by atomic mass is 9.97. The van der Waals surface area contributed by atoms with Crippen LogP contribution in [0.15, 0.2) is 24.8 Å². The topological polar surface area (TPSA) is 43.2 Å². The van der Waals surface area contributed by atoms with Gasteiger partial charge in [0.2, 0.25) is 0 Å². The van der Waals surface area contributed by atoms with Gasteiger partial charge in [-0.05, 0) is 41.9 Å². The molecule has 23 heavy (non-hydrogen) atoms. The normalized spacial score (nSPS) is 18.1. The Balaban J connectivity index is 1.40. The van der Waals surface area contributed by atoms with Crippen molar-refractivity contribution in [2.45, 2.75) is 39.0 Å². The van der Waals surface area contributed by atoms with Crippen LogP contribution >= 0.6 is 0 Å². The zero-order valence-corrected chi connectivity index (χ0v) is 13.7. The minimum atomic E-state index is 0.718. The van der Waals surface area contributed by atoms with Crippen molar-refractivity contribution in [3.05, 3.63) is 47.0 Å². The Hall–Kier alpha value is -1.72. The van der Waals surface area contributed by atoms with Crippen LogP contribution in [0.5, 0.6) is 0 Å². The number of hydrogen-bond donors (Lipinski definition) is 0. The molecule has 0 saturated heterocycles. The average Bonchev–Trinajstić information content (AvgIpc) is 3.29. The third-order valence-electron chi connectivity index (χ3n) is 4.78. The summed E-state index contributed by atoms with van der Waals surface area (Å²) < 4.78 is 7.74.